The van der Waals surface area contributed by atoms with Crippen LogP contribution in [0.25, 0.3) is 0 Å². The minimum atomic E-state index is -0.958. The third-order valence-corrected chi connectivity index (χ3v) is 13.3. The van der Waals surface area contributed by atoms with Gasteiger partial charge in [0.2, 0.25) is 0 Å². The van der Waals surface area contributed by atoms with E-state index in [1.807, 2.05) is 53.6 Å². The number of carbonyl (C=O) groups is 4. The Bertz CT molecular complexity index is 3400. The van der Waals surface area contributed by atoms with E-state index in [2.05, 4.69) is 20.4 Å². The van der Waals surface area contributed by atoms with Crippen molar-refractivity contribution in [2.75, 3.05) is 51.5 Å². The second-order valence-corrected chi connectivity index (χ2v) is 18.7. The average molecular weight is 1120 g/mol. The van der Waals surface area contributed by atoms with E-state index >= 15 is 0 Å². The van der Waals surface area contributed by atoms with Crippen LogP contribution in [0.4, 0.5) is 20.2 Å². The van der Waals surface area contributed by atoms with Crippen molar-refractivity contribution in [2.45, 2.75) is 75.1 Å². The van der Waals surface area contributed by atoms with Gasteiger partial charge in [0, 0.05) is 70.1 Å². The standard InChI is InChI=1S/C30H29FN4O4.C21H18FN3O3.C9H13NO2.3CH4/c1-19-14-23(9-10-25(19)31)35-30(37)24-18-34(13-12-26(24)33-35)17-20-4-7-22(8-5-20)29(36)32-16-21-6-11-27(38-2)28(15-21)39-3;1-13-10-16(6-7-18(13)22)25-20(26)17-12-24(9-8-19(17)23-25)11-14-2-4-15(5-3-14)21(27)28;1-11-8-4-3-7(6-10)5-9(8)12-2;;;/h4-11,14-15,18H,12-13,16-17H2,1-3H3,(H,32,36);2-7,10,12H,8-9,11H2,1H3,(H,27,28);3-5H,6,10H2,1-2H3;3*1H4. The van der Waals surface area contributed by atoms with Crippen molar-refractivity contribution in [2.24, 2.45) is 15.9 Å². The first-order valence-electron chi connectivity index (χ1n) is 25.2. The number of aryl methyl sites for hydroxylation is 2. The maximum absolute atomic E-state index is 13.7. The third-order valence-electron chi connectivity index (χ3n) is 13.3. The molecule has 0 saturated heterocycles. The molecule has 4 heterocycles. The molecule has 4 N–H and O–H groups in total. The van der Waals surface area contributed by atoms with E-state index in [9.17, 15) is 28.0 Å². The Kier molecular flexibility index (Phi) is 22.2. The Hall–Kier alpha value is -9.36. The summed E-state index contributed by atoms with van der Waals surface area (Å²) in [6.45, 7) is 6.75. The Balaban J connectivity index is 0.000000250. The summed E-state index contributed by atoms with van der Waals surface area (Å²) in [7, 11) is 6.37. The van der Waals surface area contributed by atoms with Gasteiger partial charge in [0.05, 0.1) is 67.9 Å². The summed E-state index contributed by atoms with van der Waals surface area (Å²) in [5.74, 6) is 0.474. The van der Waals surface area contributed by atoms with Crippen molar-refractivity contribution in [3.05, 3.63) is 201 Å². The minimum Gasteiger partial charge on any atom is -0.493 e. The molecule has 0 aromatic heterocycles. The number of rotatable bonds is 15. The van der Waals surface area contributed by atoms with Crippen molar-refractivity contribution in [1.82, 2.24) is 15.1 Å². The van der Waals surface area contributed by atoms with Crippen molar-refractivity contribution in [1.29, 1.82) is 0 Å². The number of fused-ring (bicyclic) bond motifs is 2. The SMILES string of the molecule is C.C.C.COc1ccc(CN)cc1OC.COc1ccc(CNC(=O)c2ccc(CN3C=C4C(=O)N(c5ccc(F)c(C)c5)N=C4CC3)cc2)cc1OC.Cc1cc(N2N=C3CCN(Cc4ccc(C(=O)O)cc4)C=C3C2=O)ccc1F. The number of nitrogens with one attached hydrogen (secondary N) is 1. The molecule has 6 aromatic rings. The second kappa shape index (κ2) is 28.7. The fraction of sp³-hybridized carbons (Fsp3) is 0.270. The molecule has 19 heteroatoms. The number of halogens is 2. The number of nitrogens with two attached hydrogens (primary N) is 1. The topological polar surface area (TPSA) is 201 Å². The molecule has 0 bridgehead atoms. The van der Waals surface area contributed by atoms with Crippen LogP contribution < -0.4 is 40.0 Å². The molecule has 6 aromatic carbocycles. The van der Waals surface area contributed by atoms with Crippen LogP contribution in [0.2, 0.25) is 0 Å². The first-order valence-corrected chi connectivity index (χ1v) is 25.2. The van der Waals surface area contributed by atoms with E-state index in [4.69, 9.17) is 29.8 Å². The van der Waals surface area contributed by atoms with Crippen LogP contribution >= 0.6 is 0 Å². The number of methoxy groups -OCH3 is 4. The Morgan fingerprint density at radius 3 is 1.37 bits per heavy atom. The van der Waals surface area contributed by atoms with Crippen LogP contribution in [0.3, 0.4) is 0 Å². The molecule has 0 aliphatic carbocycles. The summed E-state index contributed by atoms with van der Waals surface area (Å²) >= 11 is 0. The lowest BCUT2D eigenvalue weighted by atomic mass is 10.0. The quantitative estimate of drug-likeness (QED) is 0.0880. The largest absolute Gasteiger partial charge is 0.493 e. The normalized spacial score (nSPS) is 13.8. The predicted molar refractivity (Wildman–Crippen MR) is 317 cm³/mol. The highest BCUT2D eigenvalue weighted by Crippen LogP contribution is 2.32. The molecule has 0 unspecified atom stereocenters. The molecular weight excluding hydrogens is 1050 g/mol. The van der Waals surface area contributed by atoms with Gasteiger partial charge < -0.3 is 44.9 Å². The van der Waals surface area contributed by atoms with Gasteiger partial charge in [-0.25, -0.2) is 13.6 Å². The Labute approximate surface area is 478 Å². The van der Waals surface area contributed by atoms with Crippen LogP contribution in [-0.2, 0) is 35.8 Å². The number of amides is 3. The number of benzene rings is 6. The number of hydrogen-bond donors (Lipinski definition) is 3. The van der Waals surface area contributed by atoms with E-state index in [0.29, 0.717) is 103 Å². The lowest BCUT2D eigenvalue weighted by Gasteiger charge is -2.25. The van der Waals surface area contributed by atoms with Gasteiger partial charge in [0.15, 0.2) is 23.0 Å². The summed E-state index contributed by atoms with van der Waals surface area (Å²) in [6, 6.07) is 34.3. The minimum absolute atomic E-state index is 0. The number of aromatic carboxylic acids is 1. The molecule has 17 nitrogen and oxygen atoms in total. The number of carboxylic acid groups (broad SMARTS) is 1. The zero-order valence-electron chi connectivity index (χ0n) is 44.6. The van der Waals surface area contributed by atoms with Crippen molar-refractivity contribution in [3.63, 3.8) is 0 Å². The molecule has 3 amide bonds. The third kappa shape index (κ3) is 14.9. The number of nitrogens with zero attached hydrogens (tertiary/aromatic N) is 6. The van der Waals surface area contributed by atoms with Gasteiger partial charge >= 0.3 is 5.97 Å². The highest BCUT2D eigenvalue weighted by atomic mass is 19.1. The molecule has 0 atom stereocenters. The molecule has 0 radical (unpaired) electrons. The molecule has 432 valence electrons. The van der Waals surface area contributed by atoms with Crippen LogP contribution in [0, 0.1) is 25.5 Å². The first-order chi connectivity index (χ1) is 38.1. The van der Waals surface area contributed by atoms with Crippen LogP contribution in [0.15, 0.2) is 155 Å². The number of carbonyl (C=O) groups excluding carboxylic acids is 3. The van der Waals surface area contributed by atoms with Gasteiger partial charge in [-0.05, 0) is 132 Å². The first kappa shape index (κ1) is 63.5. The fourth-order valence-electron chi connectivity index (χ4n) is 8.92. The Morgan fingerprint density at radius 2 is 0.963 bits per heavy atom. The van der Waals surface area contributed by atoms with E-state index in [1.54, 1.807) is 115 Å². The Morgan fingerprint density at radius 1 is 0.561 bits per heavy atom. The van der Waals surface area contributed by atoms with Crippen molar-refractivity contribution in [3.8, 4) is 23.0 Å². The fourth-order valence-corrected chi connectivity index (χ4v) is 8.92. The maximum Gasteiger partial charge on any atom is 0.335 e. The van der Waals surface area contributed by atoms with Gasteiger partial charge in [0.1, 0.15) is 11.6 Å². The monoisotopic (exact) mass is 1120 g/mol. The number of hydrogen-bond acceptors (Lipinski definition) is 13. The molecule has 10 rings (SSSR count). The van der Waals surface area contributed by atoms with Gasteiger partial charge in [-0.2, -0.15) is 20.2 Å². The molecule has 0 spiro atoms. The summed E-state index contributed by atoms with van der Waals surface area (Å²) in [5.41, 5.74) is 14.7. The predicted octanol–water partition coefficient (Wildman–Crippen LogP) is 11.0. The summed E-state index contributed by atoms with van der Waals surface area (Å²) in [6.07, 6.45) is 4.89. The van der Waals surface area contributed by atoms with Gasteiger partial charge in [-0.3, -0.25) is 14.4 Å². The highest BCUT2D eigenvalue weighted by molar-refractivity contribution is 6.31. The smallest absolute Gasteiger partial charge is 0.335 e. The van der Waals surface area contributed by atoms with Crippen molar-refractivity contribution < 1.29 is 52.0 Å². The highest BCUT2D eigenvalue weighted by Gasteiger charge is 2.35. The second-order valence-electron chi connectivity index (χ2n) is 18.7. The van der Waals surface area contributed by atoms with Crippen molar-refractivity contribution >= 4 is 46.5 Å². The number of hydrazone groups is 2. The summed E-state index contributed by atoms with van der Waals surface area (Å²) in [4.78, 5) is 53.6. The zero-order chi connectivity index (χ0) is 56.3. The molecule has 4 aliphatic heterocycles. The van der Waals surface area contributed by atoms with Gasteiger partial charge in [0.25, 0.3) is 17.7 Å². The number of carboxylic acids is 1. The van der Waals surface area contributed by atoms with E-state index < -0.39 is 5.97 Å². The number of anilines is 2. The van der Waals surface area contributed by atoms with Crippen LogP contribution in [-0.4, -0.2) is 91.5 Å². The van der Waals surface area contributed by atoms with Gasteiger partial charge in [-0.15, -0.1) is 0 Å². The van der Waals surface area contributed by atoms with Crippen LogP contribution in [0.1, 0.15) is 89.2 Å². The molecule has 0 saturated carbocycles. The lowest BCUT2D eigenvalue weighted by Crippen LogP contribution is -2.29. The van der Waals surface area contributed by atoms with Gasteiger partial charge in [-0.1, -0.05) is 58.7 Å². The zero-order valence-corrected chi connectivity index (χ0v) is 44.6. The molecule has 4 aliphatic rings. The molecule has 82 heavy (non-hydrogen) atoms. The summed E-state index contributed by atoms with van der Waals surface area (Å²) in [5, 5.41) is 23.5. The molecular formula is C63H72F2N8O9. The maximum atomic E-state index is 13.7. The van der Waals surface area contributed by atoms with E-state index in [-0.39, 0.29) is 57.2 Å². The van der Waals surface area contributed by atoms with E-state index in [0.717, 1.165) is 45.2 Å². The molecule has 0 fully saturated rings. The number of ether oxygens (including phenoxy) is 4. The lowest BCUT2D eigenvalue weighted by molar-refractivity contribution is -0.115. The average Bonchev–Trinajstić information content (AvgIpc) is 4.13. The summed E-state index contributed by atoms with van der Waals surface area (Å²) < 4.78 is 47.9. The van der Waals surface area contributed by atoms with E-state index in [1.165, 1.54) is 22.2 Å². The van der Waals surface area contributed by atoms with Crippen LogP contribution in [0.5, 0.6) is 23.0 Å².